The van der Waals surface area contributed by atoms with E-state index in [1.807, 2.05) is 137 Å². The monoisotopic (exact) mass is 1400 g/mol. The molecule has 0 amide bonds. The van der Waals surface area contributed by atoms with E-state index in [1.54, 1.807) is 97.5 Å². The highest BCUT2D eigenvalue weighted by atomic mass is 19.2. The molecule has 104 heavy (non-hydrogen) atoms. The fraction of sp³-hybridized carbons (Fsp3) is 0.156. The predicted molar refractivity (Wildman–Crippen MR) is 380 cm³/mol. The lowest BCUT2D eigenvalue weighted by Gasteiger charge is -2.31. The van der Waals surface area contributed by atoms with Crippen molar-refractivity contribution in [3.8, 4) is 35.0 Å². The van der Waals surface area contributed by atoms with Gasteiger partial charge in [0, 0.05) is 143 Å². The zero-order chi connectivity index (χ0) is 70.8. The van der Waals surface area contributed by atoms with E-state index in [4.69, 9.17) is 28.4 Å². The van der Waals surface area contributed by atoms with E-state index in [2.05, 4.69) is 69.5 Å². The molecule has 0 unspecified atom stereocenters. The summed E-state index contributed by atoms with van der Waals surface area (Å²) < 4.78 is 86.1. The zero-order valence-electron chi connectivity index (χ0n) is 55.7. The highest BCUT2D eigenvalue weighted by Crippen LogP contribution is 2.36. The van der Waals surface area contributed by atoms with Gasteiger partial charge in [-0.2, -0.15) is 0 Å². The third-order valence-corrected chi connectivity index (χ3v) is 16.8. The van der Waals surface area contributed by atoms with Crippen molar-refractivity contribution in [1.29, 1.82) is 0 Å². The Bertz CT molecular complexity index is 4630. The van der Waals surface area contributed by atoms with E-state index in [0.29, 0.717) is 69.9 Å². The first-order valence-electron chi connectivity index (χ1n) is 32.9. The molecule has 0 fully saturated rings. The summed E-state index contributed by atoms with van der Waals surface area (Å²) in [7, 11) is 0. The second-order valence-corrected chi connectivity index (χ2v) is 23.6. The number of halogens is 4. The Morgan fingerprint density at radius 3 is 1.37 bits per heavy atom. The molecule has 27 heteroatoms. The van der Waals surface area contributed by atoms with E-state index in [0.717, 1.165) is 135 Å². The van der Waals surface area contributed by atoms with Gasteiger partial charge >= 0.3 is 0 Å². The van der Waals surface area contributed by atoms with Crippen LogP contribution in [0.3, 0.4) is 0 Å². The molecular formula is C77H65F4N17O6. The number of ether oxygens (including phenoxy) is 6. The molecular weight excluding hydrogens is 1330 g/mol. The lowest BCUT2D eigenvalue weighted by atomic mass is 10.1. The number of anilines is 6. The summed E-state index contributed by atoms with van der Waals surface area (Å²) in [5.41, 5.74) is 10.3. The molecule has 6 aliphatic heterocycles. The number of aromatic nitrogens is 11. The van der Waals surface area contributed by atoms with Gasteiger partial charge in [-0.1, -0.05) is 48.5 Å². The van der Waals surface area contributed by atoms with Gasteiger partial charge in [-0.15, -0.1) is 0 Å². The fourth-order valence-electron chi connectivity index (χ4n) is 11.5. The maximum atomic E-state index is 13.4. The van der Waals surface area contributed by atoms with Gasteiger partial charge in [0.2, 0.25) is 29.5 Å². The van der Waals surface area contributed by atoms with Gasteiger partial charge in [0.05, 0.1) is 44.6 Å². The minimum absolute atomic E-state index is 0.272. The zero-order valence-corrected chi connectivity index (χ0v) is 55.7. The van der Waals surface area contributed by atoms with Gasteiger partial charge in [0.25, 0.3) is 0 Å². The number of hydrogen-bond donors (Lipinski definition) is 0. The molecule has 0 spiro atoms. The topological polar surface area (TPSA) is 217 Å². The average molecular weight is 1400 g/mol. The van der Waals surface area contributed by atoms with Crippen LogP contribution in [0.5, 0.6) is 35.0 Å². The van der Waals surface area contributed by atoms with Crippen LogP contribution in [0, 0.1) is 23.3 Å². The van der Waals surface area contributed by atoms with Gasteiger partial charge in [0.15, 0.2) is 69.4 Å². The van der Waals surface area contributed by atoms with Crippen molar-refractivity contribution >= 4 is 45.4 Å². The van der Waals surface area contributed by atoms with Gasteiger partial charge in [-0.25, -0.2) is 52.4 Å². The van der Waals surface area contributed by atoms with Crippen molar-refractivity contribution in [2.24, 2.45) is 0 Å². The summed E-state index contributed by atoms with van der Waals surface area (Å²) in [5.74, 6) is 2.59. The van der Waals surface area contributed by atoms with Crippen LogP contribution in [0.25, 0.3) is 10.9 Å². The number of fused-ring (bicyclic) bond motifs is 8. The summed E-state index contributed by atoms with van der Waals surface area (Å²) in [6.45, 7) is 6.81. The smallest absolute Gasteiger partial charge is 0.228 e. The molecule has 10 aromatic heterocycles. The maximum Gasteiger partial charge on any atom is 0.228 e. The lowest BCUT2D eigenvalue weighted by Crippen LogP contribution is -2.33. The maximum absolute atomic E-state index is 13.4. The first-order chi connectivity index (χ1) is 51.2. The molecule has 0 aliphatic carbocycles. The molecule has 3 aromatic carbocycles. The minimum atomic E-state index is -0.862. The lowest BCUT2D eigenvalue weighted by molar-refractivity contribution is 0.275. The summed E-state index contributed by atoms with van der Waals surface area (Å²) in [6.07, 6.45) is 22.8. The van der Waals surface area contributed by atoms with Crippen LogP contribution in [-0.2, 0) is 39.3 Å². The van der Waals surface area contributed by atoms with E-state index in [9.17, 15) is 17.6 Å². The van der Waals surface area contributed by atoms with Crippen LogP contribution in [0.15, 0.2) is 250 Å². The van der Waals surface area contributed by atoms with E-state index in [-0.39, 0.29) is 6.73 Å². The number of hydrogen-bond acceptors (Lipinski definition) is 23. The SMILES string of the molecule is Fc1ccc(N2COc3c(ccc4cccnc34)C2)cc1F.Fc1ccc(N2COc3cccnc3C2)cc1F.c1ccc(N2COc3ncccc3C2)nc1.c1cnc(N2COc3ncccc3C2)nc1.c1cnc2c(c1)CN(c1ccncc1)CO2.c1cncc(N2COc3ncccc3C2)c1. The van der Waals surface area contributed by atoms with E-state index < -0.39 is 23.3 Å². The Balaban J connectivity index is 0.000000106. The minimum Gasteiger partial charge on any atom is -0.471 e. The van der Waals surface area contributed by atoms with Crippen molar-refractivity contribution < 1.29 is 46.0 Å². The Kier molecular flexibility index (Phi) is 21.4. The second kappa shape index (κ2) is 32.8. The van der Waals surface area contributed by atoms with Crippen LogP contribution < -0.4 is 57.8 Å². The van der Waals surface area contributed by atoms with Crippen LogP contribution in [0.4, 0.5) is 52.1 Å². The third-order valence-electron chi connectivity index (χ3n) is 16.8. The number of rotatable bonds is 6. The van der Waals surface area contributed by atoms with Gasteiger partial charge < -0.3 is 57.8 Å². The van der Waals surface area contributed by atoms with Gasteiger partial charge in [-0.05, 0) is 109 Å². The molecule has 0 N–H and O–H groups in total. The van der Waals surface area contributed by atoms with Crippen LogP contribution >= 0.6 is 0 Å². The second-order valence-electron chi connectivity index (χ2n) is 23.6. The molecule has 0 saturated carbocycles. The van der Waals surface area contributed by atoms with Crippen LogP contribution in [0.1, 0.15) is 33.5 Å². The molecule has 0 atom stereocenters. The normalized spacial score (nSPS) is 14.0. The van der Waals surface area contributed by atoms with E-state index in [1.165, 1.54) is 12.1 Å². The first-order valence-corrected chi connectivity index (χ1v) is 32.9. The van der Waals surface area contributed by atoms with Crippen LogP contribution in [-0.4, -0.2) is 95.2 Å². The average Bonchev–Trinajstić information content (AvgIpc) is 0.782. The largest absolute Gasteiger partial charge is 0.471 e. The Morgan fingerprint density at radius 2 is 0.769 bits per heavy atom. The molecule has 0 radical (unpaired) electrons. The van der Waals surface area contributed by atoms with Crippen molar-refractivity contribution in [3.63, 3.8) is 0 Å². The summed E-state index contributed by atoms with van der Waals surface area (Å²) in [5, 5.41) is 1.02. The van der Waals surface area contributed by atoms with Gasteiger partial charge in [0.1, 0.15) is 22.8 Å². The quantitative estimate of drug-likeness (QED) is 0.141. The molecule has 16 heterocycles. The highest BCUT2D eigenvalue weighted by Gasteiger charge is 2.25. The Hall–Kier alpha value is -13.3. The molecule has 13 aromatic rings. The molecule has 0 saturated heterocycles. The van der Waals surface area contributed by atoms with Crippen LogP contribution in [0.2, 0.25) is 0 Å². The fourth-order valence-corrected chi connectivity index (χ4v) is 11.5. The highest BCUT2D eigenvalue weighted by molar-refractivity contribution is 5.86. The van der Waals surface area contributed by atoms with E-state index >= 15 is 0 Å². The molecule has 19 rings (SSSR count). The number of nitrogens with zero attached hydrogens (tertiary/aromatic N) is 17. The number of benzene rings is 3. The number of pyridine rings is 9. The Labute approximate surface area is 594 Å². The Morgan fingerprint density at radius 1 is 0.288 bits per heavy atom. The predicted octanol–water partition coefficient (Wildman–Crippen LogP) is 13.3. The third kappa shape index (κ3) is 16.8. The molecule has 0 bridgehead atoms. The first kappa shape index (κ1) is 67.8. The summed E-state index contributed by atoms with van der Waals surface area (Å²) in [4.78, 5) is 58.0. The van der Waals surface area contributed by atoms with Crippen molar-refractivity contribution in [2.45, 2.75) is 39.3 Å². The molecule has 23 nitrogen and oxygen atoms in total. The standard InChI is InChI=1S/C17H12F2N2O.C13H10F2N2O.3C12H11N3O.C11H10N4O/c18-14-6-5-13(8-15(14)19)21-9-12-4-3-11-2-1-7-20-16(11)17(12)22-10-21;14-10-4-3-9(6-11(10)15)17-7-12-13(18-8-17)2-1-5-16-12;1-3-10-8-15(9-16-12(10)14-6-1)11-4-2-5-13-7-11;1-2-10-8-15(9-16-12(10)14-5-1)11-3-6-13-7-4-11;1-2-6-13-11(5-1)15-8-10-4-3-7-14-12(10)16-9-15;1-3-9-7-15(8-16-10(9)12-4-1)11-13-5-2-6-14-11/h1-8H,9-10H2;1-6H,7-8H2;3*1-7H,8-9H2;1-6H,7-8H2. The van der Waals surface area contributed by atoms with Gasteiger partial charge in [-0.3, -0.25) is 19.9 Å². The molecule has 6 aliphatic rings. The van der Waals surface area contributed by atoms with Crippen molar-refractivity contribution in [3.05, 3.63) is 307 Å². The van der Waals surface area contributed by atoms with Crippen molar-refractivity contribution in [1.82, 2.24) is 54.8 Å². The summed E-state index contributed by atoms with van der Waals surface area (Å²) in [6, 6.07) is 50.4. The summed E-state index contributed by atoms with van der Waals surface area (Å²) >= 11 is 0. The van der Waals surface area contributed by atoms with Crippen molar-refractivity contribution in [2.75, 3.05) is 69.8 Å². The molecule has 522 valence electrons.